The number of aryl methyl sites for hydroxylation is 3. The minimum atomic E-state index is -0.489. The quantitative estimate of drug-likeness (QED) is 0.605. The first-order valence-electron chi connectivity index (χ1n) is 6.77. The van der Waals surface area contributed by atoms with Crippen molar-refractivity contribution in [3.05, 3.63) is 56.3 Å². The summed E-state index contributed by atoms with van der Waals surface area (Å²) in [5, 5.41) is 0. The summed E-state index contributed by atoms with van der Waals surface area (Å²) in [6.07, 6.45) is 4.73. The number of thiophene rings is 1. The first-order valence-corrected chi connectivity index (χ1v) is 8.50. The lowest BCUT2D eigenvalue weighted by Gasteiger charge is -2.11. The predicted molar refractivity (Wildman–Crippen MR) is 82.8 cm³/mol. The smallest absolute Gasteiger partial charge is 0.130 e. The third-order valence-corrected chi connectivity index (χ3v) is 6.41. The van der Waals surface area contributed by atoms with Crippen molar-refractivity contribution in [2.45, 2.75) is 37.4 Å². The average molecular weight is 357 g/mol. The molecule has 1 heterocycles. The molecule has 1 aliphatic rings. The van der Waals surface area contributed by atoms with E-state index in [2.05, 4.69) is 22.0 Å². The van der Waals surface area contributed by atoms with E-state index in [1.165, 1.54) is 23.3 Å². The molecule has 1 unspecified atom stereocenters. The Balaban J connectivity index is 1.98. The Morgan fingerprint density at radius 2 is 1.85 bits per heavy atom. The number of hydrogen-bond donors (Lipinski definition) is 0. The van der Waals surface area contributed by atoms with E-state index in [9.17, 15) is 8.78 Å². The van der Waals surface area contributed by atoms with Crippen LogP contribution in [0.25, 0.3) is 0 Å². The second kappa shape index (κ2) is 5.57. The first-order chi connectivity index (χ1) is 9.56. The van der Waals surface area contributed by atoms with E-state index in [0.717, 1.165) is 23.8 Å². The Labute approximate surface area is 130 Å². The van der Waals surface area contributed by atoms with Crippen LogP contribution in [0.15, 0.2) is 18.2 Å². The molecule has 0 aliphatic heterocycles. The van der Waals surface area contributed by atoms with Gasteiger partial charge in [0.15, 0.2) is 0 Å². The third-order valence-electron chi connectivity index (χ3n) is 3.82. The molecule has 106 valence electrons. The molecule has 0 saturated carbocycles. The maximum atomic E-state index is 14.0. The lowest BCUT2D eigenvalue weighted by atomic mass is 9.98. The average Bonchev–Trinajstić information content (AvgIpc) is 2.86. The van der Waals surface area contributed by atoms with E-state index in [-0.39, 0.29) is 4.83 Å². The molecule has 1 atom stereocenters. The summed E-state index contributed by atoms with van der Waals surface area (Å²) >= 11 is 5.33. The van der Waals surface area contributed by atoms with E-state index in [1.54, 1.807) is 24.3 Å². The van der Waals surface area contributed by atoms with E-state index >= 15 is 0 Å². The Morgan fingerprint density at radius 1 is 1.10 bits per heavy atom. The van der Waals surface area contributed by atoms with Gasteiger partial charge in [-0.2, -0.15) is 0 Å². The maximum Gasteiger partial charge on any atom is 0.130 e. The minimum absolute atomic E-state index is 0.197. The van der Waals surface area contributed by atoms with Gasteiger partial charge in [0.05, 0.1) is 4.83 Å². The molecule has 20 heavy (non-hydrogen) atoms. The van der Waals surface area contributed by atoms with Crippen molar-refractivity contribution in [3.8, 4) is 0 Å². The van der Waals surface area contributed by atoms with E-state index < -0.39 is 11.6 Å². The van der Waals surface area contributed by atoms with Crippen molar-refractivity contribution in [2.24, 2.45) is 0 Å². The lowest BCUT2D eigenvalue weighted by molar-refractivity contribution is 0.569. The summed E-state index contributed by atoms with van der Waals surface area (Å²) in [6, 6.07) is 4.76. The molecule has 0 N–H and O–H groups in total. The van der Waals surface area contributed by atoms with Crippen molar-refractivity contribution in [1.29, 1.82) is 0 Å². The van der Waals surface area contributed by atoms with Crippen LogP contribution in [-0.4, -0.2) is 0 Å². The standard InChI is InChI=1S/C16H15BrF2S/c1-9-6-11(13(19)8-12(9)18)16(17)15-7-10-4-2-3-5-14(10)20-15/h6-8,16H,2-5H2,1H3. The van der Waals surface area contributed by atoms with Crippen LogP contribution in [0.4, 0.5) is 8.78 Å². The number of hydrogen-bond acceptors (Lipinski definition) is 1. The van der Waals surface area contributed by atoms with Gasteiger partial charge in [-0.3, -0.25) is 0 Å². The molecular formula is C16H15BrF2S. The number of alkyl halides is 1. The van der Waals surface area contributed by atoms with Crippen LogP contribution in [0.1, 0.15) is 44.1 Å². The van der Waals surface area contributed by atoms with Gasteiger partial charge in [0.2, 0.25) is 0 Å². The molecular weight excluding hydrogens is 342 g/mol. The van der Waals surface area contributed by atoms with Crippen molar-refractivity contribution >= 4 is 27.3 Å². The number of fused-ring (bicyclic) bond motifs is 1. The summed E-state index contributed by atoms with van der Waals surface area (Å²) in [5.74, 6) is -0.974. The van der Waals surface area contributed by atoms with Gasteiger partial charge < -0.3 is 0 Å². The number of halogens is 3. The molecule has 0 saturated heterocycles. The Kier molecular flexibility index (Phi) is 3.95. The molecule has 1 aliphatic carbocycles. The second-order valence-corrected chi connectivity index (χ2v) is 7.37. The van der Waals surface area contributed by atoms with Gasteiger partial charge in [0, 0.05) is 21.4 Å². The minimum Gasteiger partial charge on any atom is -0.207 e. The summed E-state index contributed by atoms with van der Waals surface area (Å²) in [4.78, 5) is 2.34. The van der Waals surface area contributed by atoms with Gasteiger partial charge >= 0.3 is 0 Å². The van der Waals surface area contributed by atoms with Crippen LogP contribution in [-0.2, 0) is 12.8 Å². The molecule has 0 fully saturated rings. The van der Waals surface area contributed by atoms with Crippen LogP contribution in [0.2, 0.25) is 0 Å². The second-order valence-electron chi connectivity index (χ2n) is 5.29. The molecule has 0 radical (unpaired) electrons. The molecule has 0 amide bonds. The fourth-order valence-electron chi connectivity index (χ4n) is 2.67. The highest BCUT2D eigenvalue weighted by Gasteiger charge is 2.21. The van der Waals surface area contributed by atoms with Gasteiger partial charge in [-0.25, -0.2) is 8.78 Å². The summed E-state index contributed by atoms with van der Waals surface area (Å²) in [7, 11) is 0. The van der Waals surface area contributed by atoms with Crippen molar-refractivity contribution in [1.82, 2.24) is 0 Å². The van der Waals surface area contributed by atoms with Gasteiger partial charge in [-0.15, -0.1) is 11.3 Å². The first kappa shape index (κ1) is 14.2. The molecule has 2 aromatic rings. The predicted octanol–water partition coefficient (Wildman–Crippen LogP) is 5.70. The number of rotatable bonds is 2. The van der Waals surface area contributed by atoms with Crippen LogP contribution in [0.3, 0.4) is 0 Å². The maximum absolute atomic E-state index is 14.0. The molecule has 1 aromatic carbocycles. The van der Waals surface area contributed by atoms with Crippen LogP contribution in [0, 0.1) is 18.6 Å². The van der Waals surface area contributed by atoms with Crippen molar-refractivity contribution in [2.75, 3.05) is 0 Å². The fraction of sp³-hybridized carbons (Fsp3) is 0.375. The molecule has 3 rings (SSSR count). The molecule has 1 aromatic heterocycles. The largest absolute Gasteiger partial charge is 0.207 e. The molecule has 0 bridgehead atoms. The SMILES string of the molecule is Cc1cc(C(Br)c2cc3c(s2)CCCC3)c(F)cc1F. The van der Waals surface area contributed by atoms with Gasteiger partial charge in [0.25, 0.3) is 0 Å². The molecule has 0 nitrogen and oxygen atoms in total. The zero-order valence-corrected chi connectivity index (χ0v) is 13.6. The summed E-state index contributed by atoms with van der Waals surface area (Å²) in [6.45, 7) is 1.66. The fourth-order valence-corrected chi connectivity index (χ4v) is 4.68. The molecule has 0 spiro atoms. The summed E-state index contributed by atoms with van der Waals surface area (Å²) < 4.78 is 27.3. The van der Waals surface area contributed by atoms with E-state index in [1.807, 2.05) is 0 Å². The van der Waals surface area contributed by atoms with Crippen molar-refractivity contribution in [3.63, 3.8) is 0 Å². The Hall–Kier alpha value is -0.740. The van der Waals surface area contributed by atoms with Crippen molar-refractivity contribution < 1.29 is 8.78 Å². The zero-order chi connectivity index (χ0) is 14.3. The summed E-state index contributed by atoms with van der Waals surface area (Å²) in [5.41, 5.74) is 2.40. The number of benzene rings is 1. The lowest BCUT2D eigenvalue weighted by Crippen LogP contribution is -1.98. The normalized spacial score (nSPS) is 16.0. The zero-order valence-electron chi connectivity index (χ0n) is 11.2. The van der Waals surface area contributed by atoms with E-state index in [4.69, 9.17) is 0 Å². The van der Waals surface area contributed by atoms with E-state index in [0.29, 0.717) is 11.1 Å². The van der Waals surface area contributed by atoms with Crippen LogP contribution in [0.5, 0.6) is 0 Å². The Bertz CT molecular complexity index is 625. The third kappa shape index (κ3) is 2.56. The van der Waals surface area contributed by atoms with Gasteiger partial charge in [-0.1, -0.05) is 15.9 Å². The monoisotopic (exact) mass is 356 g/mol. The highest BCUT2D eigenvalue weighted by molar-refractivity contribution is 9.09. The topological polar surface area (TPSA) is 0 Å². The Morgan fingerprint density at radius 3 is 2.60 bits per heavy atom. The van der Waals surface area contributed by atoms with Gasteiger partial charge in [-0.05, 0) is 55.9 Å². The van der Waals surface area contributed by atoms with Crippen LogP contribution < -0.4 is 0 Å². The highest BCUT2D eigenvalue weighted by Crippen LogP contribution is 2.40. The highest BCUT2D eigenvalue weighted by atomic mass is 79.9. The van der Waals surface area contributed by atoms with Gasteiger partial charge in [0.1, 0.15) is 11.6 Å². The molecule has 4 heteroatoms. The van der Waals surface area contributed by atoms with Crippen LogP contribution >= 0.6 is 27.3 Å².